The first-order valence-corrected chi connectivity index (χ1v) is 19.0. The molecule has 2 aromatic carbocycles. The normalized spacial score (nSPS) is 18.3. The third kappa shape index (κ3) is 9.48. The Hall–Kier alpha value is -7.00. The van der Waals surface area contributed by atoms with E-state index in [9.17, 15) is 60.8 Å². The van der Waals surface area contributed by atoms with Crippen molar-refractivity contribution in [2.45, 2.75) is 44.9 Å². The van der Waals surface area contributed by atoms with Crippen LogP contribution in [-0.2, 0) is 14.3 Å². The first-order valence-electron chi connectivity index (χ1n) is 19.0. The van der Waals surface area contributed by atoms with Gasteiger partial charge in [0.05, 0.1) is 28.0 Å². The van der Waals surface area contributed by atoms with Crippen molar-refractivity contribution < 1.29 is 49.0 Å². The molecular weight excluding hydrogens is 784 g/mol. The van der Waals surface area contributed by atoms with E-state index in [1.807, 2.05) is 24.3 Å². The summed E-state index contributed by atoms with van der Waals surface area (Å²) in [7, 11) is 1.60. The molecule has 2 saturated heterocycles. The zero-order valence-corrected chi connectivity index (χ0v) is 33.1. The number of nitrogens with zero attached hydrogens (tertiary/aromatic N) is 8. The number of benzene rings is 2. The highest BCUT2D eigenvalue weighted by atomic mass is 16.6. The highest BCUT2D eigenvalue weighted by molar-refractivity contribution is 6.02. The summed E-state index contributed by atoms with van der Waals surface area (Å²) in [5.41, 5.74) is -2.19. The molecule has 2 amide bonds. The van der Waals surface area contributed by atoms with Crippen LogP contribution in [0.15, 0.2) is 52.0 Å². The van der Waals surface area contributed by atoms with Gasteiger partial charge in [0.25, 0.3) is 11.8 Å². The van der Waals surface area contributed by atoms with Gasteiger partial charge in [0.1, 0.15) is 34.8 Å². The van der Waals surface area contributed by atoms with E-state index in [2.05, 4.69) is 9.80 Å². The standard InChI is InChI=1S/C40H44N8O12/c1-4-43(39(53)26(21-41)15-24-17-29(47(55)56)37(51)31(49)19-24)11-13-45-10-6-7-28(45)33-8-9-34(60-33)36-35(59-3)23-46(36)14-12-44(5-2)40(54)27(22-42)16-25-18-30(48(57)58)38(52)32(50)20-25/h8-9,15-20,28,35-36,49-52H,4-7,10-14,23H2,1-3H3/b26-15+,27-16+/t28-,35?,36?/m1/s1. The Labute approximate surface area is 343 Å². The fourth-order valence-corrected chi connectivity index (χ4v) is 7.42. The van der Waals surface area contributed by atoms with Gasteiger partial charge < -0.3 is 39.4 Å². The van der Waals surface area contributed by atoms with Crippen molar-refractivity contribution in [2.75, 3.05) is 59.5 Å². The van der Waals surface area contributed by atoms with E-state index in [0.717, 1.165) is 61.6 Å². The number of carbonyl (C=O) groups excluding carboxylic acids is 2. The van der Waals surface area contributed by atoms with Crippen molar-refractivity contribution in [3.8, 4) is 35.1 Å². The number of furan rings is 1. The Morgan fingerprint density at radius 1 is 0.850 bits per heavy atom. The minimum absolute atomic E-state index is 0.00505. The molecule has 0 spiro atoms. The van der Waals surface area contributed by atoms with Gasteiger partial charge in [0, 0.05) is 65.1 Å². The van der Waals surface area contributed by atoms with Gasteiger partial charge in [0.15, 0.2) is 11.5 Å². The number of aromatic hydroxyl groups is 4. The zero-order valence-electron chi connectivity index (χ0n) is 33.1. The summed E-state index contributed by atoms with van der Waals surface area (Å²) in [4.78, 5) is 54.9. The molecule has 3 heterocycles. The average molecular weight is 829 g/mol. The highest BCUT2D eigenvalue weighted by Crippen LogP contribution is 2.41. The molecule has 0 saturated carbocycles. The number of methoxy groups -OCH3 is 1. The molecule has 1 aromatic heterocycles. The van der Waals surface area contributed by atoms with Gasteiger partial charge in [-0.15, -0.1) is 0 Å². The molecule has 0 radical (unpaired) electrons. The quantitative estimate of drug-likeness (QED) is 0.0484. The second-order valence-electron chi connectivity index (χ2n) is 14.1. The Morgan fingerprint density at radius 3 is 1.78 bits per heavy atom. The summed E-state index contributed by atoms with van der Waals surface area (Å²) < 4.78 is 12.2. The maximum atomic E-state index is 13.4. The lowest BCUT2D eigenvalue weighted by Crippen LogP contribution is -2.56. The SMILES string of the molecule is CCN(CCN1CC(OC)C1c1ccc([C@H]2CCCN2CCN(CC)C(=O)/C(C#N)=C/c2cc(O)c(O)c([N+](=O)[O-])c2)o1)C(=O)/C(C#N)=C/c1cc(O)c(O)c([N+](=O)[O-])c1. The Morgan fingerprint density at radius 2 is 1.33 bits per heavy atom. The topological polar surface area (TPSA) is 284 Å². The maximum absolute atomic E-state index is 13.4. The van der Waals surface area contributed by atoms with Gasteiger partial charge in [-0.2, -0.15) is 10.5 Å². The van der Waals surface area contributed by atoms with Crippen LogP contribution in [0.5, 0.6) is 23.0 Å². The lowest BCUT2D eigenvalue weighted by molar-refractivity contribution is -0.386. The van der Waals surface area contributed by atoms with E-state index in [1.54, 1.807) is 21.0 Å². The predicted octanol–water partition coefficient (Wildman–Crippen LogP) is 4.34. The molecule has 3 atom stereocenters. The zero-order chi connectivity index (χ0) is 43.8. The number of hydrogen-bond acceptors (Lipinski definition) is 16. The van der Waals surface area contributed by atoms with Gasteiger partial charge >= 0.3 is 11.4 Å². The van der Waals surface area contributed by atoms with Crippen LogP contribution in [-0.4, -0.2) is 127 Å². The van der Waals surface area contributed by atoms with Crippen molar-refractivity contribution in [1.82, 2.24) is 19.6 Å². The summed E-state index contributed by atoms with van der Waals surface area (Å²) in [6.07, 6.45) is 3.70. The van der Waals surface area contributed by atoms with E-state index in [0.29, 0.717) is 25.4 Å². The number of phenols is 4. The van der Waals surface area contributed by atoms with Gasteiger partial charge in [-0.05, 0) is 80.8 Å². The molecule has 0 bridgehead atoms. The van der Waals surface area contributed by atoms with Gasteiger partial charge in [0.2, 0.25) is 11.5 Å². The van der Waals surface area contributed by atoms with Crippen LogP contribution in [0, 0.1) is 42.9 Å². The molecule has 2 fully saturated rings. The second-order valence-corrected chi connectivity index (χ2v) is 14.1. The fraction of sp³-hybridized carbons (Fsp3) is 0.400. The lowest BCUT2D eigenvalue weighted by atomic mass is 9.96. The van der Waals surface area contributed by atoms with Crippen LogP contribution in [0.4, 0.5) is 11.4 Å². The number of carbonyl (C=O) groups is 2. The number of nitro benzene ring substituents is 2. The molecule has 5 rings (SSSR count). The van der Waals surface area contributed by atoms with Crippen LogP contribution in [0.2, 0.25) is 0 Å². The number of nitriles is 2. The number of likely N-dealkylation sites (N-methyl/N-ethyl adjacent to an activating group) is 2. The largest absolute Gasteiger partial charge is 0.504 e. The Balaban J connectivity index is 1.23. The van der Waals surface area contributed by atoms with E-state index < -0.39 is 56.0 Å². The van der Waals surface area contributed by atoms with Crippen LogP contribution in [0.3, 0.4) is 0 Å². The third-order valence-electron chi connectivity index (χ3n) is 10.6. The van der Waals surface area contributed by atoms with Crippen LogP contribution in [0.25, 0.3) is 12.2 Å². The summed E-state index contributed by atoms with van der Waals surface area (Å²) in [5, 5.41) is 81.7. The number of phenolic OH excluding ortho intramolecular Hbond substituents is 4. The number of likely N-dealkylation sites (tertiary alicyclic amines) is 2. The highest BCUT2D eigenvalue weighted by Gasteiger charge is 2.43. The molecule has 4 N–H and O–H groups in total. The van der Waals surface area contributed by atoms with Crippen LogP contribution in [0.1, 0.15) is 61.4 Å². The van der Waals surface area contributed by atoms with E-state index in [4.69, 9.17) is 9.15 Å². The Bertz CT molecular complexity index is 2290. The first-order chi connectivity index (χ1) is 28.6. The van der Waals surface area contributed by atoms with Crippen LogP contribution < -0.4 is 0 Å². The van der Waals surface area contributed by atoms with Crippen molar-refractivity contribution >= 4 is 35.3 Å². The summed E-state index contributed by atoms with van der Waals surface area (Å²) in [5.74, 6) is -3.22. The summed E-state index contributed by atoms with van der Waals surface area (Å²) in [6, 6.07) is 11.0. The van der Waals surface area contributed by atoms with E-state index in [1.165, 1.54) is 9.80 Å². The third-order valence-corrected chi connectivity index (χ3v) is 10.6. The fourth-order valence-electron chi connectivity index (χ4n) is 7.42. The molecule has 0 aliphatic carbocycles. The molecule has 2 aliphatic heterocycles. The number of hydrogen-bond donors (Lipinski definition) is 4. The molecule has 20 nitrogen and oxygen atoms in total. The van der Waals surface area contributed by atoms with Gasteiger partial charge in [-0.1, -0.05) is 0 Å². The lowest BCUT2D eigenvalue weighted by Gasteiger charge is -2.46. The minimum atomic E-state index is -0.927. The minimum Gasteiger partial charge on any atom is -0.504 e. The van der Waals surface area contributed by atoms with Crippen LogP contribution >= 0.6 is 0 Å². The number of amides is 2. The second kappa shape index (κ2) is 19.2. The van der Waals surface area contributed by atoms with Crippen molar-refractivity contribution in [1.29, 1.82) is 10.5 Å². The molecule has 20 heteroatoms. The molecule has 316 valence electrons. The van der Waals surface area contributed by atoms with Crippen molar-refractivity contribution in [3.05, 3.63) is 90.4 Å². The number of ether oxygens (including phenoxy) is 1. The van der Waals surface area contributed by atoms with Crippen molar-refractivity contribution in [3.63, 3.8) is 0 Å². The van der Waals surface area contributed by atoms with E-state index >= 15 is 0 Å². The molecule has 3 aromatic rings. The van der Waals surface area contributed by atoms with Crippen molar-refractivity contribution in [2.24, 2.45) is 0 Å². The first kappa shape index (κ1) is 44.1. The smallest absolute Gasteiger partial charge is 0.315 e. The monoisotopic (exact) mass is 828 g/mol. The van der Waals surface area contributed by atoms with Gasteiger partial charge in [-0.3, -0.25) is 39.6 Å². The molecular formula is C40H44N8O12. The predicted molar refractivity (Wildman–Crippen MR) is 212 cm³/mol. The number of nitro groups is 2. The van der Waals surface area contributed by atoms with Gasteiger partial charge in [-0.25, -0.2) is 0 Å². The maximum Gasteiger partial charge on any atom is 0.315 e. The van der Waals surface area contributed by atoms with E-state index in [-0.39, 0.29) is 66.6 Å². The average Bonchev–Trinajstić information content (AvgIpc) is 3.89. The number of rotatable bonds is 17. The summed E-state index contributed by atoms with van der Waals surface area (Å²) in [6.45, 7) is 6.61. The summed E-state index contributed by atoms with van der Waals surface area (Å²) >= 11 is 0. The Kier molecular flexibility index (Phi) is 14.1. The molecule has 60 heavy (non-hydrogen) atoms. The molecule has 2 unspecified atom stereocenters. The molecule has 2 aliphatic rings.